The van der Waals surface area contributed by atoms with Gasteiger partial charge in [-0.1, -0.05) is 22.9 Å². The first-order valence-electron chi connectivity index (χ1n) is 5.93. The Bertz CT molecular complexity index is 315. The Labute approximate surface area is 107 Å². The highest BCUT2D eigenvalue weighted by Crippen LogP contribution is 2.17. The maximum absolute atomic E-state index is 5.75. The second kappa shape index (κ2) is 7.66. The molecule has 0 aliphatic carbocycles. The van der Waals surface area contributed by atoms with Crippen LogP contribution in [0.2, 0.25) is 0 Å². The molecule has 90 valence electrons. The van der Waals surface area contributed by atoms with Crippen molar-refractivity contribution in [2.24, 2.45) is 0 Å². The van der Waals surface area contributed by atoms with Crippen molar-refractivity contribution in [1.29, 1.82) is 0 Å². The molecule has 0 saturated carbocycles. The SMILES string of the molecule is CCc1nc(C)ccc1OCCCCCBr. The highest BCUT2D eigenvalue weighted by molar-refractivity contribution is 9.09. The first-order chi connectivity index (χ1) is 7.77. The predicted octanol–water partition coefficient (Wildman–Crippen LogP) is 3.90. The Kier molecular flexibility index (Phi) is 6.46. The van der Waals surface area contributed by atoms with Gasteiger partial charge in [0.1, 0.15) is 5.75 Å². The van der Waals surface area contributed by atoms with Crippen LogP contribution in [0.4, 0.5) is 0 Å². The molecule has 0 amide bonds. The summed E-state index contributed by atoms with van der Waals surface area (Å²) < 4.78 is 5.75. The normalized spacial score (nSPS) is 10.4. The van der Waals surface area contributed by atoms with Gasteiger partial charge in [-0.05, 0) is 44.7 Å². The quantitative estimate of drug-likeness (QED) is 0.560. The summed E-state index contributed by atoms with van der Waals surface area (Å²) in [4.78, 5) is 4.47. The molecule has 16 heavy (non-hydrogen) atoms. The van der Waals surface area contributed by atoms with E-state index in [9.17, 15) is 0 Å². The van der Waals surface area contributed by atoms with E-state index >= 15 is 0 Å². The minimum Gasteiger partial charge on any atom is -0.492 e. The number of aryl methyl sites for hydroxylation is 2. The summed E-state index contributed by atoms with van der Waals surface area (Å²) in [5.74, 6) is 0.951. The topological polar surface area (TPSA) is 22.1 Å². The van der Waals surface area contributed by atoms with Crippen molar-refractivity contribution >= 4 is 15.9 Å². The van der Waals surface area contributed by atoms with E-state index in [1.807, 2.05) is 19.1 Å². The van der Waals surface area contributed by atoms with Crippen LogP contribution in [0.25, 0.3) is 0 Å². The fourth-order valence-corrected chi connectivity index (χ4v) is 1.93. The maximum atomic E-state index is 5.75. The number of halogens is 1. The molecule has 2 nitrogen and oxygen atoms in total. The van der Waals surface area contributed by atoms with Crippen molar-refractivity contribution in [3.63, 3.8) is 0 Å². The minimum absolute atomic E-state index is 0.796. The van der Waals surface area contributed by atoms with Crippen LogP contribution in [0, 0.1) is 6.92 Å². The second-order valence-corrected chi connectivity index (χ2v) is 4.64. The van der Waals surface area contributed by atoms with E-state index in [0.717, 1.165) is 41.9 Å². The lowest BCUT2D eigenvalue weighted by Crippen LogP contribution is -2.02. The molecule has 0 spiro atoms. The number of nitrogens with zero attached hydrogens (tertiary/aromatic N) is 1. The number of unbranched alkanes of at least 4 members (excludes halogenated alkanes) is 2. The monoisotopic (exact) mass is 285 g/mol. The van der Waals surface area contributed by atoms with Crippen molar-refractivity contribution in [3.8, 4) is 5.75 Å². The third-order valence-electron chi connectivity index (χ3n) is 2.44. The van der Waals surface area contributed by atoms with Gasteiger partial charge in [0, 0.05) is 11.0 Å². The lowest BCUT2D eigenvalue weighted by Gasteiger charge is -2.10. The molecular formula is C13H20BrNO. The van der Waals surface area contributed by atoms with E-state index in [1.54, 1.807) is 0 Å². The summed E-state index contributed by atoms with van der Waals surface area (Å²) >= 11 is 3.43. The van der Waals surface area contributed by atoms with Crippen molar-refractivity contribution in [1.82, 2.24) is 4.98 Å². The van der Waals surface area contributed by atoms with Gasteiger partial charge in [0.2, 0.25) is 0 Å². The molecule has 0 bridgehead atoms. The smallest absolute Gasteiger partial charge is 0.140 e. The number of hydrogen-bond donors (Lipinski definition) is 0. The van der Waals surface area contributed by atoms with Gasteiger partial charge in [-0.2, -0.15) is 0 Å². The molecule has 1 heterocycles. The van der Waals surface area contributed by atoms with Gasteiger partial charge in [0.05, 0.1) is 12.3 Å². The predicted molar refractivity (Wildman–Crippen MR) is 71.5 cm³/mol. The van der Waals surface area contributed by atoms with Gasteiger partial charge in [-0.25, -0.2) is 0 Å². The molecule has 0 N–H and O–H groups in total. The summed E-state index contributed by atoms with van der Waals surface area (Å²) in [5.41, 5.74) is 2.13. The minimum atomic E-state index is 0.796. The second-order valence-electron chi connectivity index (χ2n) is 3.85. The summed E-state index contributed by atoms with van der Waals surface area (Å²) in [6.07, 6.45) is 4.48. The average molecular weight is 286 g/mol. The Morgan fingerprint density at radius 2 is 2.06 bits per heavy atom. The Morgan fingerprint density at radius 1 is 1.25 bits per heavy atom. The molecule has 0 aliphatic rings. The van der Waals surface area contributed by atoms with Gasteiger partial charge in [-0.15, -0.1) is 0 Å². The van der Waals surface area contributed by atoms with Crippen molar-refractivity contribution in [2.75, 3.05) is 11.9 Å². The molecule has 0 saturated heterocycles. The van der Waals surface area contributed by atoms with Gasteiger partial charge in [-0.3, -0.25) is 4.98 Å². The molecule has 1 rings (SSSR count). The zero-order valence-corrected chi connectivity index (χ0v) is 11.7. The fourth-order valence-electron chi connectivity index (χ4n) is 1.54. The third-order valence-corrected chi connectivity index (χ3v) is 3.00. The number of rotatable bonds is 7. The summed E-state index contributed by atoms with van der Waals surface area (Å²) in [6, 6.07) is 4.04. The molecule has 0 unspecified atom stereocenters. The fraction of sp³-hybridized carbons (Fsp3) is 0.615. The van der Waals surface area contributed by atoms with Crippen LogP contribution in [-0.4, -0.2) is 16.9 Å². The molecule has 0 radical (unpaired) electrons. The van der Waals surface area contributed by atoms with Gasteiger partial charge in [0.15, 0.2) is 0 Å². The number of alkyl halides is 1. The van der Waals surface area contributed by atoms with Gasteiger partial charge in [0.25, 0.3) is 0 Å². The molecule has 0 fully saturated rings. The number of hydrogen-bond acceptors (Lipinski definition) is 2. The molecule has 0 aromatic carbocycles. The lowest BCUT2D eigenvalue weighted by atomic mass is 10.2. The first-order valence-corrected chi connectivity index (χ1v) is 7.05. The maximum Gasteiger partial charge on any atom is 0.140 e. The van der Waals surface area contributed by atoms with Crippen molar-refractivity contribution in [3.05, 3.63) is 23.5 Å². The molecule has 1 aromatic heterocycles. The van der Waals surface area contributed by atoms with E-state index in [0.29, 0.717) is 0 Å². The Balaban J connectivity index is 2.41. The van der Waals surface area contributed by atoms with E-state index in [4.69, 9.17) is 4.74 Å². The Hall–Kier alpha value is -0.570. The van der Waals surface area contributed by atoms with Crippen molar-refractivity contribution < 1.29 is 4.74 Å². The molecule has 1 aromatic rings. The van der Waals surface area contributed by atoms with Crippen LogP contribution in [0.1, 0.15) is 37.6 Å². The van der Waals surface area contributed by atoms with Crippen molar-refractivity contribution in [2.45, 2.75) is 39.5 Å². The largest absolute Gasteiger partial charge is 0.492 e. The molecular weight excluding hydrogens is 266 g/mol. The van der Waals surface area contributed by atoms with Crippen LogP contribution in [-0.2, 0) is 6.42 Å². The van der Waals surface area contributed by atoms with E-state index in [2.05, 4.69) is 27.8 Å². The van der Waals surface area contributed by atoms with Gasteiger partial charge >= 0.3 is 0 Å². The molecule has 0 atom stereocenters. The van der Waals surface area contributed by atoms with E-state index < -0.39 is 0 Å². The van der Waals surface area contributed by atoms with Crippen LogP contribution in [0.5, 0.6) is 5.75 Å². The highest BCUT2D eigenvalue weighted by atomic mass is 79.9. The average Bonchev–Trinajstić information content (AvgIpc) is 2.30. The number of aromatic nitrogens is 1. The van der Waals surface area contributed by atoms with Crippen LogP contribution < -0.4 is 4.74 Å². The Morgan fingerprint density at radius 3 is 2.75 bits per heavy atom. The third kappa shape index (κ3) is 4.52. The van der Waals surface area contributed by atoms with Crippen LogP contribution in [0.3, 0.4) is 0 Å². The van der Waals surface area contributed by atoms with Crippen LogP contribution in [0.15, 0.2) is 12.1 Å². The zero-order valence-electron chi connectivity index (χ0n) is 10.1. The zero-order chi connectivity index (χ0) is 11.8. The number of ether oxygens (including phenoxy) is 1. The molecule has 0 aliphatic heterocycles. The number of pyridine rings is 1. The van der Waals surface area contributed by atoms with Gasteiger partial charge < -0.3 is 4.74 Å². The molecule has 3 heteroatoms. The lowest BCUT2D eigenvalue weighted by molar-refractivity contribution is 0.302. The summed E-state index contributed by atoms with van der Waals surface area (Å²) in [5, 5.41) is 1.08. The van der Waals surface area contributed by atoms with E-state index in [-0.39, 0.29) is 0 Å². The van der Waals surface area contributed by atoms with E-state index in [1.165, 1.54) is 12.8 Å². The first kappa shape index (κ1) is 13.5. The standard InChI is InChI=1S/C13H20BrNO/c1-3-12-13(8-7-11(2)15-12)16-10-6-4-5-9-14/h7-8H,3-6,9-10H2,1-2H3. The van der Waals surface area contributed by atoms with Crippen LogP contribution >= 0.6 is 15.9 Å². The highest BCUT2D eigenvalue weighted by Gasteiger charge is 2.03. The summed E-state index contributed by atoms with van der Waals surface area (Å²) in [7, 11) is 0. The summed E-state index contributed by atoms with van der Waals surface area (Å²) in [6.45, 7) is 4.92.